The van der Waals surface area contributed by atoms with E-state index in [-0.39, 0.29) is 24.3 Å². The van der Waals surface area contributed by atoms with E-state index in [2.05, 4.69) is 19.9 Å². The third-order valence-corrected chi connectivity index (χ3v) is 10.1. The minimum atomic E-state index is -5.82. The molecule has 0 spiro atoms. The molecule has 0 aliphatic carbocycles. The summed E-state index contributed by atoms with van der Waals surface area (Å²) in [6.45, 7) is -6.35. The first-order chi connectivity index (χ1) is 31.8. The molecule has 1 fully saturated rings. The van der Waals surface area contributed by atoms with Crippen LogP contribution in [0.3, 0.4) is 0 Å². The van der Waals surface area contributed by atoms with Crippen molar-refractivity contribution >= 4 is 23.3 Å². The Morgan fingerprint density at radius 2 is 0.414 bits per heavy atom. The fraction of sp³-hybridized carbons (Fsp3) is 0.474. The van der Waals surface area contributed by atoms with Gasteiger partial charge in [0.25, 0.3) is 0 Å². The Morgan fingerprint density at radius 1 is 0.243 bits per heavy atom. The van der Waals surface area contributed by atoms with Gasteiger partial charge in [0.1, 0.15) is 23.3 Å². The maximum absolute atomic E-state index is 14.0. The van der Waals surface area contributed by atoms with E-state index in [0.29, 0.717) is 24.3 Å². The Hall–Kier alpha value is -5.88. The van der Waals surface area contributed by atoms with Crippen LogP contribution in [-0.4, -0.2) is 72.3 Å². The van der Waals surface area contributed by atoms with Gasteiger partial charge in [0.15, 0.2) is 22.8 Å². The van der Waals surface area contributed by atoms with E-state index in [1.54, 1.807) is 0 Å². The molecule has 32 heteroatoms. The number of pyridine rings is 4. The van der Waals surface area contributed by atoms with E-state index >= 15 is 0 Å². The van der Waals surface area contributed by atoms with Crippen molar-refractivity contribution in [3.05, 3.63) is 93.6 Å². The number of alkyl halides is 24. The molecule has 4 aromatic rings. The maximum Gasteiger partial charge on any atom is 0.434 e. The van der Waals surface area contributed by atoms with Crippen molar-refractivity contribution in [2.24, 2.45) is 0 Å². The molecule has 1 aliphatic heterocycles. The number of hydrogen-bond donors (Lipinski definition) is 0. The minimum absolute atomic E-state index is 0.0492. The van der Waals surface area contributed by atoms with Gasteiger partial charge in [0.2, 0.25) is 0 Å². The average molecular weight is 1050 g/mol. The van der Waals surface area contributed by atoms with Crippen molar-refractivity contribution in [1.82, 2.24) is 19.9 Å². The average Bonchev–Trinajstić information content (AvgIpc) is 3.20. The molecule has 0 bridgehead atoms. The Labute approximate surface area is 376 Å². The first-order valence-corrected chi connectivity index (χ1v) is 19.4. The summed E-state index contributed by atoms with van der Waals surface area (Å²) >= 11 is 0. The standard InChI is InChI=1S/C38H28F24N8/c39-31(40,41)19-3-7-23(63-27(19)35(51,52)53)67-11-1-12-68(24-8-4-20(32(42,43)44)28(64-24)36(54,55)56)16-18-70(26-10-6-22(34(48,49)50)30(66-26)38(60,61)62)14-2-13-69(17-15-67)25-9-5-21(33(45,46)47)29(65-25)37(57,58)59/h3-10H,1-2,11-18H2. The molecule has 388 valence electrons. The SMILES string of the molecule is FC(F)(F)c1ccc(N2CCCN(c3ccc(C(F)(F)F)c(C(F)(F)F)n3)CCN(c3ccc(C(F)(F)F)c(C(F)(F)F)n3)CCCN(c3ccc(C(F)(F)F)c(C(F)(F)F)n3)CC2)nc1C(F)(F)F. The number of rotatable bonds is 4. The Morgan fingerprint density at radius 3 is 0.557 bits per heavy atom. The quantitative estimate of drug-likeness (QED) is 0.187. The summed E-state index contributed by atoms with van der Waals surface area (Å²) in [5, 5.41) is 0. The van der Waals surface area contributed by atoms with E-state index in [4.69, 9.17) is 0 Å². The van der Waals surface area contributed by atoms with Crippen LogP contribution in [0.5, 0.6) is 0 Å². The van der Waals surface area contributed by atoms with E-state index in [0.717, 1.165) is 19.6 Å². The normalized spacial score (nSPS) is 16.5. The zero-order valence-electron chi connectivity index (χ0n) is 34.3. The number of anilines is 4. The highest BCUT2D eigenvalue weighted by molar-refractivity contribution is 5.49. The summed E-state index contributed by atoms with van der Waals surface area (Å²) in [6, 6.07) is 1.46. The lowest BCUT2D eigenvalue weighted by atomic mass is 10.1. The van der Waals surface area contributed by atoms with Gasteiger partial charge in [-0.15, -0.1) is 0 Å². The van der Waals surface area contributed by atoms with Gasteiger partial charge in [0, 0.05) is 52.4 Å². The van der Waals surface area contributed by atoms with Crippen LogP contribution >= 0.6 is 0 Å². The summed E-state index contributed by atoms with van der Waals surface area (Å²) in [5.41, 5.74) is -19.2. The van der Waals surface area contributed by atoms with Crippen molar-refractivity contribution in [2.45, 2.75) is 62.3 Å². The van der Waals surface area contributed by atoms with Crippen LogP contribution in [0.1, 0.15) is 57.9 Å². The van der Waals surface area contributed by atoms with Crippen molar-refractivity contribution < 1.29 is 105 Å². The van der Waals surface area contributed by atoms with Crippen molar-refractivity contribution in [2.75, 3.05) is 72.0 Å². The number of hydrogen-bond acceptors (Lipinski definition) is 8. The summed E-state index contributed by atoms with van der Waals surface area (Å²) < 4.78 is 333. The van der Waals surface area contributed by atoms with Gasteiger partial charge in [0.05, 0.1) is 22.3 Å². The molecule has 1 saturated heterocycles. The van der Waals surface area contributed by atoms with Crippen LogP contribution in [0, 0.1) is 0 Å². The van der Waals surface area contributed by atoms with Gasteiger partial charge in [-0.1, -0.05) is 0 Å². The molecule has 5 rings (SSSR count). The molecule has 0 aromatic carbocycles. The molecular weight excluding hydrogens is 1020 g/mol. The lowest BCUT2D eigenvalue weighted by Gasteiger charge is -2.34. The van der Waals surface area contributed by atoms with Crippen LogP contribution in [-0.2, 0) is 49.4 Å². The van der Waals surface area contributed by atoms with Crippen LogP contribution in [0.25, 0.3) is 0 Å². The van der Waals surface area contributed by atoms with Crippen LogP contribution in [0.4, 0.5) is 129 Å². The van der Waals surface area contributed by atoms with Gasteiger partial charge in [-0.3, -0.25) is 0 Å². The van der Waals surface area contributed by atoms with Crippen molar-refractivity contribution in [1.29, 1.82) is 0 Å². The smallest absolute Gasteiger partial charge is 0.355 e. The third kappa shape index (κ3) is 13.3. The van der Waals surface area contributed by atoms with Crippen molar-refractivity contribution in [3.8, 4) is 0 Å². The molecule has 0 radical (unpaired) electrons. The second kappa shape index (κ2) is 19.4. The highest BCUT2D eigenvalue weighted by Gasteiger charge is 2.49. The van der Waals surface area contributed by atoms with Gasteiger partial charge in [-0.05, 0) is 61.4 Å². The molecule has 1 aliphatic rings. The maximum atomic E-state index is 14.0. The second-order valence-corrected chi connectivity index (χ2v) is 14.9. The first kappa shape index (κ1) is 55.1. The Kier molecular flexibility index (Phi) is 15.2. The van der Waals surface area contributed by atoms with E-state index in [9.17, 15) is 105 Å². The predicted octanol–water partition coefficient (Wildman–Crippen LogP) is 12.5. The zero-order valence-corrected chi connectivity index (χ0v) is 34.3. The van der Waals surface area contributed by atoms with E-state index in [1.807, 2.05) is 0 Å². The zero-order chi connectivity index (χ0) is 52.8. The summed E-state index contributed by atoms with van der Waals surface area (Å²) in [7, 11) is 0. The van der Waals surface area contributed by atoms with Gasteiger partial charge in [-0.25, -0.2) is 19.9 Å². The number of aromatic nitrogens is 4. The van der Waals surface area contributed by atoms with Gasteiger partial charge >= 0.3 is 49.4 Å². The fourth-order valence-corrected chi connectivity index (χ4v) is 7.03. The molecule has 8 nitrogen and oxygen atoms in total. The minimum Gasteiger partial charge on any atom is -0.355 e. The molecule has 0 unspecified atom stereocenters. The molecule has 4 aromatic heterocycles. The molecular formula is C38H28F24N8. The number of halogens is 24. The predicted molar refractivity (Wildman–Crippen MR) is 195 cm³/mol. The molecule has 0 saturated carbocycles. The largest absolute Gasteiger partial charge is 0.434 e. The van der Waals surface area contributed by atoms with Gasteiger partial charge < -0.3 is 19.6 Å². The summed E-state index contributed by atoms with van der Waals surface area (Å²) in [4.78, 5) is 15.5. The molecule has 5 heterocycles. The summed E-state index contributed by atoms with van der Waals surface area (Å²) in [6.07, 6.45) is -47.2. The third-order valence-electron chi connectivity index (χ3n) is 10.1. The van der Waals surface area contributed by atoms with Crippen molar-refractivity contribution in [3.63, 3.8) is 0 Å². The van der Waals surface area contributed by atoms with Crippen LogP contribution in [0.15, 0.2) is 48.5 Å². The lowest BCUT2D eigenvalue weighted by molar-refractivity contribution is -0.164. The lowest BCUT2D eigenvalue weighted by Crippen LogP contribution is -2.42. The van der Waals surface area contributed by atoms with Gasteiger partial charge in [-0.2, -0.15) is 105 Å². The molecule has 0 amide bonds. The van der Waals surface area contributed by atoms with E-state index in [1.165, 1.54) is 0 Å². The topological polar surface area (TPSA) is 64.5 Å². The highest BCUT2D eigenvalue weighted by atomic mass is 19.4. The van der Waals surface area contributed by atoms with Crippen LogP contribution < -0.4 is 19.6 Å². The Balaban J connectivity index is 1.69. The van der Waals surface area contributed by atoms with E-state index < -0.39 is 183 Å². The number of nitrogens with zero attached hydrogens (tertiary/aromatic N) is 8. The Bertz CT molecular complexity index is 2110. The second-order valence-electron chi connectivity index (χ2n) is 14.9. The molecule has 0 atom stereocenters. The molecule has 70 heavy (non-hydrogen) atoms. The summed E-state index contributed by atoms with van der Waals surface area (Å²) in [5.74, 6) is -3.77. The fourth-order valence-electron chi connectivity index (χ4n) is 7.03. The monoisotopic (exact) mass is 1050 g/mol. The molecule has 0 N–H and O–H groups in total. The highest BCUT2D eigenvalue weighted by Crippen LogP contribution is 2.44. The van der Waals surface area contributed by atoms with Crippen LogP contribution in [0.2, 0.25) is 0 Å². The first-order valence-electron chi connectivity index (χ1n) is 19.4.